The van der Waals surface area contributed by atoms with Crippen molar-refractivity contribution in [3.8, 4) is 0 Å². The largest absolute Gasteiger partial charge is 0.464 e. The molecule has 5 nitrogen and oxygen atoms in total. The molecular formula is C10H12N4O. The van der Waals surface area contributed by atoms with Gasteiger partial charge in [-0.3, -0.25) is 15.8 Å². The number of hydrazine groups is 1. The summed E-state index contributed by atoms with van der Waals surface area (Å²) in [5, 5.41) is 0. The molecule has 0 aliphatic rings. The zero-order valence-electron chi connectivity index (χ0n) is 8.34. The van der Waals surface area contributed by atoms with Crippen LogP contribution in [0.2, 0.25) is 0 Å². The first-order valence-electron chi connectivity index (χ1n) is 4.59. The van der Waals surface area contributed by atoms with Crippen molar-refractivity contribution in [1.82, 2.24) is 15.4 Å². The molecule has 78 valence electrons. The lowest BCUT2D eigenvalue weighted by Crippen LogP contribution is -2.29. The molecule has 0 saturated heterocycles. The van der Waals surface area contributed by atoms with E-state index in [1.165, 1.54) is 0 Å². The van der Waals surface area contributed by atoms with E-state index in [4.69, 9.17) is 10.3 Å². The quantitative estimate of drug-likeness (QED) is 0.574. The van der Waals surface area contributed by atoms with E-state index in [0.717, 1.165) is 17.2 Å². The highest BCUT2D eigenvalue weighted by atomic mass is 16.3. The van der Waals surface area contributed by atoms with E-state index in [2.05, 4.69) is 15.4 Å². The SMILES string of the molecule is Cc1ccc(C(NN)c2cnccn2)o1. The molecule has 1 unspecified atom stereocenters. The smallest absolute Gasteiger partial charge is 0.128 e. The molecule has 1 atom stereocenters. The van der Waals surface area contributed by atoms with Crippen LogP contribution in [0.15, 0.2) is 35.1 Å². The molecule has 3 N–H and O–H groups in total. The number of nitrogens with zero attached hydrogens (tertiary/aromatic N) is 2. The van der Waals surface area contributed by atoms with Gasteiger partial charge in [-0.05, 0) is 19.1 Å². The molecule has 2 heterocycles. The fraction of sp³-hybridized carbons (Fsp3) is 0.200. The molecule has 2 aromatic heterocycles. The van der Waals surface area contributed by atoms with Gasteiger partial charge in [0, 0.05) is 12.4 Å². The molecular weight excluding hydrogens is 192 g/mol. The van der Waals surface area contributed by atoms with Crippen LogP contribution in [0.3, 0.4) is 0 Å². The minimum atomic E-state index is -0.257. The van der Waals surface area contributed by atoms with Crippen LogP contribution in [-0.2, 0) is 0 Å². The van der Waals surface area contributed by atoms with Crippen LogP contribution < -0.4 is 11.3 Å². The number of rotatable bonds is 3. The fourth-order valence-electron chi connectivity index (χ4n) is 1.38. The first-order valence-corrected chi connectivity index (χ1v) is 4.59. The van der Waals surface area contributed by atoms with E-state index >= 15 is 0 Å². The summed E-state index contributed by atoms with van der Waals surface area (Å²) in [6, 6.07) is 3.50. The number of aryl methyl sites for hydroxylation is 1. The van der Waals surface area contributed by atoms with Crippen molar-refractivity contribution in [2.45, 2.75) is 13.0 Å². The Morgan fingerprint density at radius 1 is 1.40 bits per heavy atom. The zero-order valence-corrected chi connectivity index (χ0v) is 8.34. The number of nitrogens with two attached hydrogens (primary N) is 1. The molecule has 0 amide bonds. The molecule has 0 aliphatic heterocycles. The molecule has 2 rings (SSSR count). The predicted octanol–water partition coefficient (Wildman–Crippen LogP) is 0.931. The minimum absolute atomic E-state index is 0.257. The first-order chi connectivity index (χ1) is 7.31. The lowest BCUT2D eigenvalue weighted by atomic mass is 10.2. The van der Waals surface area contributed by atoms with Gasteiger partial charge < -0.3 is 4.42 Å². The maximum atomic E-state index is 5.48. The molecule has 0 spiro atoms. The Morgan fingerprint density at radius 2 is 2.27 bits per heavy atom. The average Bonchev–Trinajstić information content (AvgIpc) is 2.68. The highest BCUT2D eigenvalue weighted by Gasteiger charge is 2.16. The summed E-state index contributed by atoms with van der Waals surface area (Å²) in [7, 11) is 0. The van der Waals surface area contributed by atoms with E-state index in [-0.39, 0.29) is 6.04 Å². The Balaban J connectivity index is 2.33. The summed E-state index contributed by atoms with van der Waals surface area (Å²) >= 11 is 0. The molecule has 0 radical (unpaired) electrons. The Kier molecular flexibility index (Phi) is 2.75. The van der Waals surface area contributed by atoms with Crippen molar-refractivity contribution >= 4 is 0 Å². The van der Waals surface area contributed by atoms with Gasteiger partial charge in [-0.15, -0.1) is 0 Å². The summed E-state index contributed by atoms with van der Waals surface area (Å²) in [5.41, 5.74) is 3.38. The van der Waals surface area contributed by atoms with Crippen LogP contribution in [0, 0.1) is 6.92 Å². The number of furan rings is 1. The molecule has 0 saturated carbocycles. The maximum absolute atomic E-state index is 5.48. The predicted molar refractivity (Wildman–Crippen MR) is 54.6 cm³/mol. The van der Waals surface area contributed by atoms with E-state index in [1.54, 1.807) is 18.6 Å². The van der Waals surface area contributed by atoms with Crippen molar-refractivity contribution < 1.29 is 4.42 Å². The summed E-state index contributed by atoms with van der Waals surface area (Å²) in [5.74, 6) is 7.04. The van der Waals surface area contributed by atoms with E-state index in [0.29, 0.717) is 0 Å². The summed E-state index contributed by atoms with van der Waals surface area (Å²) in [6.07, 6.45) is 4.89. The molecule has 5 heteroatoms. The van der Waals surface area contributed by atoms with E-state index < -0.39 is 0 Å². The number of hydrogen-bond donors (Lipinski definition) is 2. The van der Waals surface area contributed by atoms with Gasteiger partial charge in [0.15, 0.2) is 0 Å². The van der Waals surface area contributed by atoms with Crippen molar-refractivity contribution in [2.24, 2.45) is 5.84 Å². The fourth-order valence-corrected chi connectivity index (χ4v) is 1.38. The van der Waals surface area contributed by atoms with Crippen LogP contribution >= 0.6 is 0 Å². The van der Waals surface area contributed by atoms with Crippen molar-refractivity contribution in [2.75, 3.05) is 0 Å². The lowest BCUT2D eigenvalue weighted by Gasteiger charge is -2.11. The molecule has 0 bridgehead atoms. The van der Waals surface area contributed by atoms with Crippen LogP contribution in [0.5, 0.6) is 0 Å². The second kappa shape index (κ2) is 4.20. The second-order valence-corrected chi connectivity index (χ2v) is 3.18. The monoisotopic (exact) mass is 204 g/mol. The highest BCUT2D eigenvalue weighted by molar-refractivity contribution is 5.19. The third-order valence-corrected chi connectivity index (χ3v) is 2.09. The van der Waals surface area contributed by atoms with Crippen LogP contribution in [0.1, 0.15) is 23.3 Å². The average molecular weight is 204 g/mol. The Labute approximate surface area is 87.3 Å². The van der Waals surface area contributed by atoms with Crippen molar-refractivity contribution in [3.63, 3.8) is 0 Å². The van der Waals surface area contributed by atoms with Crippen LogP contribution in [-0.4, -0.2) is 9.97 Å². The van der Waals surface area contributed by atoms with Gasteiger partial charge in [0.05, 0.1) is 11.9 Å². The summed E-state index contributed by atoms with van der Waals surface area (Å²) < 4.78 is 5.48. The lowest BCUT2D eigenvalue weighted by molar-refractivity contribution is 0.430. The van der Waals surface area contributed by atoms with Crippen LogP contribution in [0.4, 0.5) is 0 Å². The van der Waals surface area contributed by atoms with Gasteiger partial charge >= 0.3 is 0 Å². The topological polar surface area (TPSA) is 77.0 Å². The minimum Gasteiger partial charge on any atom is -0.464 e. The molecule has 2 aromatic rings. The Hall–Kier alpha value is -1.72. The third kappa shape index (κ3) is 2.03. The van der Waals surface area contributed by atoms with Gasteiger partial charge in [0.25, 0.3) is 0 Å². The molecule has 0 aromatic carbocycles. The van der Waals surface area contributed by atoms with Gasteiger partial charge in [-0.2, -0.15) is 0 Å². The van der Waals surface area contributed by atoms with E-state index in [9.17, 15) is 0 Å². The van der Waals surface area contributed by atoms with Gasteiger partial charge in [-0.25, -0.2) is 5.43 Å². The standard InChI is InChI=1S/C10H12N4O/c1-7-2-3-9(15-7)10(14-11)8-6-12-4-5-13-8/h2-6,10,14H,11H2,1H3. The Morgan fingerprint density at radius 3 is 2.80 bits per heavy atom. The molecule has 0 aliphatic carbocycles. The third-order valence-electron chi connectivity index (χ3n) is 2.09. The second-order valence-electron chi connectivity index (χ2n) is 3.18. The van der Waals surface area contributed by atoms with Gasteiger partial charge in [0.2, 0.25) is 0 Å². The van der Waals surface area contributed by atoms with Gasteiger partial charge in [0.1, 0.15) is 17.6 Å². The van der Waals surface area contributed by atoms with Crippen molar-refractivity contribution in [3.05, 3.63) is 47.9 Å². The highest BCUT2D eigenvalue weighted by Crippen LogP contribution is 2.20. The molecule has 15 heavy (non-hydrogen) atoms. The zero-order chi connectivity index (χ0) is 10.7. The number of nitrogens with one attached hydrogen (secondary N) is 1. The first kappa shape index (κ1) is 9.82. The van der Waals surface area contributed by atoms with Crippen molar-refractivity contribution in [1.29, 1.82) is 0 Å². The summed E-state index contributed by atoms with van der Waals surface area (Å²) in [6.45, 7) is 1.88. The van der Waals surface area contributed by atoms with Gasteiger partial charge in [-0.1, -0.05) is 0 Å². The van der Waals surface area contributed by atoms with Crippen LogP contribution in [0.25, 0.3) is 0 Å². The Bertz CT molecular complexity index is 426. The maximum Gasteiger partial charge on any atom is 0.128 e. The number of aromatic nitrogens is 2. The van der Waals surface area contributed by atoms with E-state index in [1.807, 2.05) is 19.1 Å². The number of hydrogen-bond acceptors (Lipinski definition) is 5. The normalized spacial score (nSPS) is 12.7. The summed E-state index contributed by atoms with van der Waals surface area (Å²) in [4.78, 5) is 8.16. The molecule has 0 fully saturated rings.